The van der Waals surface area contributed by atoms with Gasteiger partial charge in [0.2, 0.25) is 15.9 Å². The van der Waals surface area contributed by atoms with Crippen LogP contribution in [0.25, 0.3) is 0 Å². The Morgan fingerprint density at radius 3 is 2.47 bits per heavy atom. The average molecular weight is 674 g/mol. The number of nitrogens with one attached hydrogen (secondary N) is 1. The van der Waals surface area contributed by atoms with E-state index in [9.17, 15) is 26.4 Å². The molecule has 47 heavy (non-hydrogen) atoms. The number of carbonyl (C=O) groups is 1. The smallest absolute Gasteiger partial charge is 0.416 e. The summed E-state index contributed by atoms with van der Waals surface area (Å²) in [5.41, 5.74) is 0.197. The van der Waals surface area contributed by atoms with Gasteiger partial charge >= 0.3 is 12.2 Å². The van der Waals surface area contributed by atoms with Gasteiger partial charge in [-0.05, 0) is 80.5 Å². The molecule has 3 aromatic rings. The SMILES string of the molecule is COc1cc(C)c(S(=O)(=O)N2CCC[C@H]2COc2nccc(N3CCC4(CC3)C(=O)NCC4c3cccc(C(F)(F)F)c3)n2)c(C)c1. The van der Waals surface area contributed by atoms with Crippen molar-refractivity contribution in [2.75, 3.05) is 44.8 Å². The molecule has 2 atom stereocenters. The number of hydrogen-bond donors (Lipinski definition) is 1. The fourth-order valence-electron chi connectivity index (χ4n) is 7.40. The van der Waals surface area contributed by atoms with Gasteiger partial charge in [-0.2, -0.15) is 22.5 Å². The first-order valence-corrected chi connectivity index (χ1v) is 17.1. The summed E-state index contributed by atoms with van der Waals surface area (Å²) in [5, 5.41) is 2.89. The van der Waals surface area contributed by atoms with Crippen molar-refractivity contribution in [2.24, 2.45) is 5.41 Å². The van der Waals surface area contributed by atoms with E-state index in [0.29, 0.717) is 73.6 Å². The maximum atomic E-state index is 13.8. The number of rotatable bonds is 8. The lowest BCUT2D eigenvalue weighted by Gasteiger charge is -2.41. The zero-order valence-electron chi connectivity index (χ0n) is 26.5. The van der Waals surface area contributed by atoms with E-state index >= 15 is 0 Å². The van der Waals surface area contributed by atoms with Crippen LogP contribution in [0.5, 0.6) is 11.8 Å². The quantitative estimate of drug-likeness (QED) is 0.361. The summed E-state index contributed by atoms with van der Waals surface area (Å²) in [6.07, 6.45) is -0.668. The molecule has 14 heteroatoms. The lowest BCUT2D eigenvalue weighted by molar-refractivity contribution is -0.137. The molecule has 10 nitrogen and oxygen atoms in total. The summed E-state index contributed by atoms with van der Waals surface area (Å²) in [6.45, 7) is 5.21. The van der Waals surface area contributed by atoms with E-state index in [2.05, 4.69) is 15.3 Å². The molecule has 3 saturated heterocycles. The van der Waals surface area contributed by atoms with Gasteiger partial charge in [0, 0.05) is 38.3 Å². The monoisotopic (exact) mass is 673 g/mol. The van der Waals surface area contributed by atoms with Gasteiger partial charge in [0.1, 0.15) is 18.2 Å². The molecule has 0 aliphatic carbocycles. The van der Waals surface area contributed by atoms with E-state index in [1.54, 1.807) is 51.4 Å². The molecule has 3 fully saturated rings. The van der Waals surface area contributed by atoms with Gasteiger partial charge in [0.15, 0.2) is 0 Å². The van der Waals surface area contributed by atoms with E-state index in [4.69, 9.17) is 9.47 Å². The van der Waals surface area contributed by atoms with Gasteiger partial charge in [-0.25, -0.2) is 13.4 Å². The average Bonchev–Trinajstić information content (AvgIpc) is 3.65. The zero-order valence-corrected chi connectivity index (χ0v) is 27.3. The van der Waals surface area contributed by atoms with Crippen molar-refractivity contribution in [3.8, 4) is 11.8 Å². The van der Waals surface area contributed by atoms with E-state index in [0.717, 1.165) is 12.1 Å². The van der Waals surface area contributed by atoms with E-state index in [1.807, 2.05) is 4.90 Å². The van der Waals surface area contributed by atoms with Crippen molar-refractivity contribution in [1.82, 2.24) is 19.6 Å². The molecule has 6 rings (SSSR count). The minimum absolute atomic E-state index is 0.0822. The van der Waals surface area contributed by atoms with Crippen molar-refractivity contribution in [1.29, 1.82) is 0 Å². The summed E-state index contributed by atoms with van der Waals surface area (Å²) in [7, 11) is -2.25. The van der Waals surface area contributed by atoms with Crippen LogP contribution in [0.2, 0.25) is 0 Å². The topological polar surface area (TPSA) is 114 Å². The van der Waals surface area contributed by atoms with Crippen LogP contribution in [0.1, 0.15) is 53.9 Å². The molecule has 1 spiro atoms. The molecule has 252 valence electrons. The van der Waals surface area contributed by atoms with Crippen LogP contribution in [0, 0.1) is 19.3 Å². The van der Waals surface area contributed by atoms with Crippen molar-refractivity contribution < 1.29 is 35.9 Å². The zero-order chi connectivity index (χ0) is 33.6. The molecule has 0 saturated carbocycles. The number of hydrogen-bond acceptors (Lipinski definition) is 8. The van der Waals surface area contributed by atoms with Crippen LogP contribution >= 0.6 is 0 Å². The van der Waals surface area contributed by atoms with Gasteiger partial charge < -0.3 is 19.7 Å². The first-order chi connectivity index (χ1) is 22.3. The van der Waals surface area contributed by atoms with Gasteiger partial charge in [0.05, 0.1) is 29.0 Å². The normalized spacial score (nSPS) is 21.7. The number of anilines is 1. The third kappa shape index (κ3) is 6.24. The molecule has 3 aliphatic rings. The lowest BCUT2D eigenvalue weighted by Crippen LogP contribution is -2.46. The van der Waals surface area contributed by atoms with Crippen LogP contribution in [0.15, 0.2) is 53.6 Å². The number of halogens is 3. The Morgan fingerprint density at radius 1 is 1.06 bits per heavy atom. The largest absolute Gasteiger partial charge is 0.497 e. The maximum Gasteiger partial charge on any atom is 0.416 e. The first kappa shape index (κ1) is 33.0. The Balaban J connectivity index is 1.12. The minimum Gasteiger partial charge on any atom is -0.497 e. The van der Waals surface area contributed by atoms with Crippen LogP contribution in [0.3, 0.4) is 0 Å². The number of ether oxygens (including phenoxy) is 2. The Kier molecular flexibility index (Phi) is 8.85. The molecule has 0 radical (unpaired) electrons. The summed E-state index contributed by atoms with van der Waals surface area (Å²) in [4.78, 5) is 24.3. The predicted octanol–water partition coefficient (Wildman–Crippen LogP) is 4.85. The molecule has 1 aromatic heterocycles. The molecule has 3 aliphatic heterocycles. The maximum absolute atomic E-state index is 13.8. The summed E-state index contributed by atoms with van der Waals surface area (Å²) >= 11 is 0. The fraction of sp³-hybridized carbons (Fsp3) is 0.485. The Morgan fingerprint density at radius 2 is 1.79 bits per heavy atom. The number of aryl methyl sites for hydroxylation is 2. The highest BCUT2D eigenvalue weighted by atomic mass is 32.2. The van der Waals surface area contributed by atoms with E-state index in [-0.39, 0.29) is 35.9 Å². The van der Waals surface area contributed by atoms with Crippen molar-refractivity contribution in [3.63, 3.8) is 0 Å². The van der Waals surface area contributed by atoms with Crippen molar-refractivity contribution in [2.45, 2.75) is 62.6 Å². The summed E-state index contributed by atoms with van der Waals surface area (Å²) < 4.78 is 80.6. The third-order valence-corrected chi connectivity index (χ3v) is 12.0. The summed E-state index contributed by atoms with van der Waals surface area (Å²) in [5.74, 6) is 0.685. The minimum atomic E-state index is -4.46. The number of sulfonamides is 1. The third-order valence-electron chi connectivity index (χ3n) is 9.76. The number of piperidine rings is 1. The Hall–Kier alpha value is -3.91. The fourth-order valence-corrected chi connectivity index (χ4v) is 9.49. The number of carbonyl (C=O) groups excluding carboxylic acids is 1. The van der Waals surface area contributed by atoms with Crippen molar-refractivity contribution in [3.05, 3.63) is 70.9 Å². The Bertz CT molecular complexity index is 1740. The standard InChI is InChI=1S/C33H38F3N5O5S/c1-21-16-26(45-3)17-22(2)29(21)47(43,44)41-13-5-8-25(41)20-46-31-37-12-9-28(39-31)40-14-10-32(11-15-40)27(19-38-30(32)42)23-6-4-7-24(18-23)33(34,35)36/h4,6-7,9,12,16-18,25,27H,5,8,10-11,13-15,19-20H2,1-3H3,(H,38,42)/t25-,27?/m0/s1. The number of benzene rings is 2. The Labute approximate surface area is 272 Å². The van der Waals surface area contributed by atoms with Crippen LogP contribution in [-0.4, -0.2) is 74.5 Å². The van der Waals surface area contributed by atoms with Crippen LogP contribution in [-0.2, 0) is 21.0 Å². The molecule has 1 amide bonds. The van der Waals surface area contributed by atoms with E-state index in [1.165, 1.54) is 10.4 Å². The second-order valence-corrected chi connectivity index (χ2v) is 14.4. The first-order valence-electron chi connectivity index (χ1n) is 15.7. The van der Waals surface area contributed by atoms with Crippen LogP contribution < -0.4 is 19.7 Å². The molecule has 0 bridgehead atoms. The van der Waals surface area contributed by atoms with Crippen molar-refractivity contribution >= 4 is 21.7 Å². The second-order valence-electron chi connectivity index (χ2n) is 12.5. The second kappa shape index (κ2) is 12.6. The van der Waals surface area contributed by atoms with Crippen LogP contribution in [0.4, 0.5) is 19.0 Å². The lowest BCUT2D eigenvalue weighted by atomic mass is 9.67. The number of methoxy groups -OCH3 is 1. The molecule has 4 heterocycles. The molecule has 1 unspecified atom stereocenters. The highest BCUT2D eigenvalue weighted by Crippen LogP contribution is 2.49. The van der Waals surface area contributed by atoms with Gasteiger partial charge in [-0.15, -0.1) is 0 Å². The van der Waals surface area contributed by atoms with Gasteiger partial charge in [-0.3, -0.25) is 4.79 Å². The summed E-state index contributed by atoms with van der Waals surface area (Å²) in [6, 6.07) is 10.2. The molecule has 1 N–H and O–H groups in total. The predicted molar refractivity (Wildman–Crippen MR) is 168 cm³/mol. The number of nitrogens with zero attached hydrogens (tertiary/aromatic N) is 4. The van der Waals surface area contributed by atoms with Gasteiger partial charge in [0.25, 0.3) is 0 Å². The number of aromatic nitrogens is 2. The number of amides is 1. The molecular weight excluding hydrogens is 635 g/mol. The molecule has 2 aromatic carbocycles. The van der Waals surface area contributed by atoms with E-state index < -0.39 is 33.2 Å². The van der Waals surface area contributed by atoms with Gasteiger partial charge in [-0.1, -0.05) is 18.2 Å². The highest BCUT2D eigenvalue weighted by molar-refractivity contribution is 7.89. The highest BCUT2D eigenvalue weighted by Gasteiger charge is 2.52. The molecular formula is C33H38F3N5O5S. The number of alkyl halides is 3.